The van der Waals surface area contributed by atoms with Crippen molar-refractivity contribution in [3.05, 3.63) is 0 Å². The van der Waals surface area contributed by atoms with Crippen LogP contribution in [0.5, 0.6) is 0 Å². The van der Waals surface area contributed by atoms with Crippen molar-refractivity contribution in [2.75, 3.05) is 0 Å². The Hall–Kier alpha value is 5.48. The van der Waals surface area contributed by atoms with Crippen LogP contribution in [-0.2, 0) is 18.3 Å². The van der Waals surface area contributed by atoms with Gasteiger partial charge in [-0.3, -0.25) is 0 Å². The topological polar surface area (TPSA) is 253 Å². The quantitative estimate of drug-likeness (QED) is 0.162. The fourth-order valence-electron chi connectivity index (χ4n) is 0. The Morgan fingerprint density at radius 3 is 0.435 bits per heavy atom. The predicted octanol–water partition coefficient (Wildman–Crippen LogP) is -10.9. The van der Waals surface area contributed by atoms with Crippen LogP contribution in [-0.4, -0.2) is 0 Å². The number of rotatable bonds is 0. The van der Waals surface area contributed by atoms with E-state index < -0.39 is 31.6 Å². The second kappa shape index (κ2) is 22.2. The van der Waals surface area contributed by atoms with Crippen LogP contribution in [0, 0.1) is 31.1 Å². The van der Waals surface area contributed by atoms with Crippen LogP contribution < -0.4 is 177 Å². The molecule has 0 atom stereocenters. The van der Waals surface area contributed by atoms with Gasteiger partial charge in [0.2, 0.25) is 0 Å². The van der Waals surface area contributed by atoms with Crippen LogP contribution in [0.2, 0.25) is 0 Å². The molecule has 0 heterocycles. The van der Waals surface area contributed by atoms with Crippen LogP contribution in [0.3, 0.4) is 0 Å². The van der Waals surface area contributed by atoms with Gasteiger partial charge in [0.05, 0.1) is 0 Å². The maximum atomic E-state index is 10.1. The Kier molecular flexibility index (Phi) is 44.9. The zero-order valence-electron chi connectivity index (χ0n) is 10.7. The van der Waals surface area contributed by atoms with E-state index in [9.17, 15) is 16.8 Å². The third-order valence-corrected chi connectivity index (χ3v) is 0. The van der Waals surface area contributed by atoms with Crippen LogP contribution >= 0.6 is 31.6 Å². The van der Waals surface area contributed by atoms with E-state index in [0.717, 1.165) is 0 Å². The summed E-state index contributed by atoms with van der Waals surface area (Å²) in [6, 6.07) is 0. The Morgan fingerprint density at radius 1 is 0.435 bits per heavy atom. The molecule has 0 spiro atoms. The Labute approximate surface area is 267 Å². The van der Waals surface area contributed by atoms with Gasteiger partial charge in [-0.05, 0) is 0 Å². The molecule has 12 nitrogen and oxygen atoms in total. The van der Waals surface area contributed by atoms with Gasteiger partial charge >= 0.3 is 169 Å². The molecule has 0 amide bonds. The van der Waals surface area contributed by atoms with Gasteiger partial charge in [-0.25, -0.2) is 16.8 Å². The van der Waals surface area contributed by atoms with E-state index in [1.807, 2.05) is 0 Å². The predicted molar refractivity (Wildman–Crippen MR) is 34.9 cm³/mol. The zero-order valence-corrected chi connectivity index (χ0v) is 31.0. The van der Waals surface area contributed by atoms with Crippen LogP contribution in [0.25, 0.3) is 0 Å². The fourth-order valence-corrected chi connectivity index (χ4v) is 0. The van der Waals surface area contributed by atoms with Gasteiger partial charge in [-0.15, -0.1) is 0 Å². The smallest absolute Gasteiger partial charge is 0.786 e. The molecule has 0 radical (unpaired) electrons. The summed E-state index contributed by atoms with van der Waals surface area (Å²) >= 11 is 0. The molecule has 0 N–H and O–H groups in total. The van der Waals surface area contributed by atoms with Gasteiger partial charge in [-0.1, -0.05) is 0 Å². The van der Waals surface area contributed by atoms with Crippen molar-refractivity contribution in [2.24, 2.45) is 0 Å². The molecule has 0 saturated heterocycles. The van der Waals surface area contributed by atoms with E-state index in [1.165, 1.54) is 0 Å². The molecule has 23 heavy (non-hydrogen) atoms. The molecule has 126 valence electrons. The molecule has 0 aromatic rings. The van der Waals surface area contributed by atoms with E-state index in [1.54, 1.807) is 0 Å². The third kappa shape index (κ3) is 595. The van der Waals surface area contributed by atoms with Crippen LogP contribution in [0.4, 0.5) is 16.8 Å². The average Bonchev–Trinajstić information content (AvgIpc) is 1.62. The first-order valence-electron chi connectivity index (χ1n) is 2.87. The summed E-state index contributed by atoms with van der Waals surface area (Å²) in [5.41, 5.74) is 0. The minimum absolute atomic E-state index is 0. The summed E-state index contributed by atoms with van der Waals surface area (Å²) in [6.07, 6.45) is 0. The third-order valence-electron chi connectivity index (χ3n) is 0. The summed E-state index contributed by atoms with van der Waals surface area (Å²) in [6.45, 7) is 0. The largest absolute Gasteiger partial charge is 6.00 e. The van der Waals surface area contributed by atoms with Gasteiger partial charge in [0.1, 0.15) is 31.6 Å². The minimum atomic E-state index is -5.64. The van der Waals surface area contributed by atoms with Crippen molar-refractivity contribution in [1.29, 1.82) is 0 Å². The molecule has 0 bridgehead atoms. The summed E-state index contributed by atoms with van der Waals surface area (Å²) in [5, 5.41) is 0. The van der Waals surface area contributed by atoms with Crippen LogP contribution in [0.1, 0.15) is 0 Å². The molecule has 0 saturated carbocycles. The van der Waals surface area contributed by atoms with Gasteiger partial charge in [0, 0.05) is 0 Å². The van der Waals surface area contributed by atoms with E-state index in [0.29, 0.717) is 0 Å². The molecule has 0 aromatic carbocycles. The average molecular weight is 896 g/mol. The first kappa shape index (κ1) is 46.6. The molecule has 0 fully saturated rings. The van der Waals surface area contributed by atoms with Gasteiger partial charge in [0.15, 0.2) is 0 Å². The van der Waals surface area contributed by atoms with Gasteiger partial charge in [0.25, 0.3) is 0 Å². The first-order valence-corrected chi connectivity index (χ1v) is 8.60. The van der Waals surface area contributed by atoms with E-state index >= 15 is 0 Å². The molecule has 0 aliphatic heterocycles. The van der Waals surface area contributed by atoms with Crippen molar-refractivity contribution in [2.45, 2.75) is 0 Å². The standard InChI is InChI=1S/2Cs.4FH2O3P.U/c;;4*1-5(2,3)4;/h;;4*(H2,2,3,4);/q2*+1;;;;;+6/p-8. The number of hydrogen-bond donors (Lipinski definition) is 0. The van der Waals surface area contributed by atoms with Crippen molar-refractivity contribution >= 4 is 31.6 Å². The van der Waals surface area contributed by atoms with Crippen molar-refractivity contribution in [3.63, 3.8) is 0 Å². The van der Waals surface area contributed by atoms with Gasteiger partial charge in [-0.2, -0.15) is 0 Å². The second-order valence-corrected chi connectivity index (χ2v) is 5.17. The Morgan fingerprint density at radius 2 is 0.435 bits per heavy atom. The number of hydrogen-bond acceptors (Lipinski definition) is 12. The number of halogens is 4. The van der Waals surface area contributed by atoms with Gasteiger partial charge < -0.3 is 57.4 Å². The maximum absolute atomic E-state index is 10.1. The SMILES string of the molecule is O=P([O-])([O-])F.O=P([O-])([O-])F.O=P([O-])([O-])F.O=P([O-])([O-])F.[Cs+].[Cs+].[U+6]. The van der Waals surface area contributed by atoms with Crippen molar-refractivity contribution in [1.82, 2.24) is 0 Å². The summed E-state index contributed by atoms with van der Waals surface area (Å²) in [7, 11) is -22.6. The van der Waals surface area contributed by atoms with Crippen LogP contribution in [0.15, 0.2) is 0 Å². The normalized spacial score (nSPS) is 10.3. The van der Waals surface area contributed by atoms with E-state index in [-0.39, 0.29) is 169 Å². The molecule has 23 heteroatoms. The first-order chi connectivity index (χ1) is 8.00. The summed E-state index contributed by atoms with van der Waals surface area (Å²) in [5.74, 6) is 0. The maximum Gasteiger partial charge on any atom is 6.00 e. The Balaban J connectivity index is -0.0000000284. The second-order valence-electron chi connectivity index (χ2n) is 1.72. The van der Waals surface area contributed by atoms with E-state index in [2.05, 4.69) is 0 Å². The molecule has 0 rings (SSSR count). The molecular weight excluding hydrogens is 896 g/mol. The molecule has 0 aliphatic rings. The molecule has 0 aromatic heterocycles. The minimum Gasteiger partial charge on any atom is -0.786 e. The zero-order chi connectivity index (χ0) is 18.0. The summed E-state index contributed by atoms with van der Waals surface area (Å²) in [4.78, 5) is 67.5. The molecule has 0 unspecified atom stereocenters. The summed E-state index contributed by atoms with van der Waals surface area (Å²) < 4.78 is 74.3. The Bertz CT molecular complexity index is 308. The van der Waals surface area contributed by atoms with E-state index in [4.69, 9.17) is 57.4 Å². The van der Waals surface area contributed by atoms with Crippen molar-refractivity contribution < 1.29 is 243 Å². The molecule has 0 aliphatic carbocycles. The van der Waals surface area contributed by atoms with Crippen molar-refractivity contribution in [3.8, 4) is 0 Å². The monoisotopic (exact) mass is 896 g/mol. The fraction of sp³-hybridized carbons (Fsp3) is 0. The molecular formula is Cs2F4O12P4U.